The molecule has 62 valence electrons. The maximum atomic E-state index is 10.2. The molecular weight excluding hydrogens is 130 g/mol. The summed E-state index contributed by atoms with van der Waals surface area (Å²) >= 11 is 0. The Morgan fingerprint density at radius 1 is 1.60 bits per heavy atom. The number of hydrogen-bond donors (Lipinski definition) is 3. The van der Waals surface area contributed by atoms with Crippen LogP contribution in [0.2, 0.25) is 0 Å². The maximum Gasteiger partial charge on any atom is 0.235 e. The highest BCUT2D eigenvalue weighted by atomic mass is 16.1. The second-order valence-electron chi connectivity index (χ2n) is 1.48. The van der Waals surface area contributed by atoms with Crippen molar-refractivity contribution in [1.82, 2.24) is 5.32 Å². The molecule has 0 aromatic carbocycles. The summed E-state index contributed by atoms with van der Waals surface area (Å²) in [5, 5.41) is 2.65. The number of amides is 1. The minimum absolute atomic E-state index is 0.256. The first kappa shape index (κ1) is 12.1. The summed E-state index contributed by atoms with van der Waals surface area (Å²) in [5.74, 6) is -0.407. The Hall–Kier alpha value is -0.610. The van der Waals surface area contributed by atoms with E-state index in [0.717, 1.165) is 0 Å². The lowest BCUT2D eigenvalue weighted by Gasteiger charge is -2.06. The molecule has 0 aromatic heterocycles. The Balaban J connectivity index is 0. The van der Waals surface area contributed by atoms with Crippen LogP contribution in [-0.2, 0) is 4.79 Å². The summed E-state index contributed by atoms with van der Waals surface area (Å²) in [4.78, 5) is 10.2. The Labute approximate surface area is 62.0 Å². The first-order valence-corrected chi connectivity index (χ1v) is 3.39. The van der Waals surface area contributed by atoms with Gasteiger partial charge >= 0.3 is 0 Å². The third-order valence-corrected chi connectivity index (χ3v) is 0.928. The van der Waals surface area contributed by atoms with Crippen LogP contribution in [-0.4, -0.2) is 25.5 Å². The van der Waals surface area contributed by atoms with Crippen molar-refractivity contribution in [3.63, 3.8) is 0 Å². The Morgan fingerprint density at radius 2 is 2.00 bits per heavy atom. The molecule has 1 amide bonds. The summed E-state index contributed by atoms with van der Waals surface area (Å²) < 4.78 is 0. The fraction of sp³-hybridized carbons (Fsp3) is 0.833. The van der Waals surface area contributed by atoms with Crippen LogP contribution in [0.1, 0.15) is 13.8 Å². The normalized spacial score (nSPS) is 11.2. The predicted molar refractivity (Wildman–Crippen MR) is 42.4 cm³/mol. The van der Waals surface area contributed by atoms with Gasteiger partial charge < -0.3 is 16.8 Å². The van der Waals surface area contributed by atoms with Crippen molar-refractivity contribution < 1.29 is 4.79 Å². The fourth-order valence-electron chi connectivity index (χ4n) is 0.376. The van der Waals surface area contributed by atoms with Gasteiger partial charge in [-0.05, 0) is 7.05 Å². The van der Waals surface area contributed by atoms with E-state index in [9.17, 15) is 4.79 Å². The molecule has 0 saturated heterocycles. The van der Waals surface area contributed by atoms with Crippen molar-refractivity contribution in [3.05, 3.63) is 0 Å². The van der Waals surface area contributed by atoms with Crippen LogP contribution in [0.4, 0.5) is 0 Å². The van der Waals surface area contributed by atoms with Gasteiger partial charge in [0.05, 0.1) is 6.04 Å². The molecule has 0 saturated carbocycles. The number of nitrogens with one attached hydrogen (secondary N) is 1. The van der Waals surface area contributed by atoms with E-state index in [1.54, 1.807) is 7.05 Å². The predicted octanol–water partition coefficient (Wildman–Crippen LogP) is -0.955. The van der Waals surface area contributed by atoms with Gasteiger partial charge in [0.2, 0.25) is 5.91 Å². The third-order valence-electron chi connectivity index (χ3n) is 0.928. The van der Waals surface area contributed by atoms with E-state index in [2.05, 4.69) is 5.32 Å². The van der Waals surface area contributed by atoms with Gasteiger partial charge in [0.15, 0.2) is 0 Å². The van der Waals surface area contributed by atoms with E-state index in [0.29, 0.717) is 0 Å². The van der Waals surface area contributed by atoms with E-state index in [1.165, 1.54) is 0 Å². The van der Waals surface area contributed by atoms with E-state index in [-0.39, 0.29) is 12.6 Å². The SMILES string of the molecule is CC.CNC(CN)C(N)=O. The fourth-order valence-corrected chi connectivity index (χ4v) is 0.376. The molecule has 0 aliphatic carbocycles. The minimum Gasteiger partial charge on any atom is -0.368 e. The van der Waals surface area contributed by atoms with Crippen LogP contribution in [0.3, 0.4) is 0 Å². The second kappa shape index (κ2) is 8.39. The van der Waals surface area contributed by atoms with Crippen molar-refractivity contribution in [2.45, 2.75) is 19.9 Å². The first-order valence-electron chi connectivity index (χ1n) is 3.39. The number of primary amides is 1. The van der Waals surface area contributed by atoms with Crippen LogP contribution in [0.5, 0.6) is 0 Å². The average molecular weight is 147 g/mol. The van der Waals surface area contributed by atoms with Crippen LogP contribution in [0.15, 0.2) is 0 Å². The number of carbonyl (C=O) groups is 1. The summed E-state index contributed by atoms with van der Waals surface area (Å²) in [7, 11) is 1.64. The molecule has 0 aromatic rings. The third kappa shape index (κ3) is 5.53. The lowest BCUT2D eigenvalue weighted by Crippen LogP contribution is -2.44. The molecule has 4 heteroatoms. The summed E-state index contributed by atoms with van der Waals surface area (Å²) in [6, 6.07) is -0.380. The van der Waals surface area contributed by atoms with Crippen molar-refractivity contribution in [3.8, 4) is 0 Å². The second-order valence-corrected chi connectivity index (χ2v) is 1.48. The zero-order valence-electron chi connectivity index (χ0n) is 6.85. The molecule has 0 bridgehead atoms. The average Bonchev–Trinajstić information content (AvgIpc) is 1.94. The lowest BCUT2D eigenvalue weighted by atomic mass is 10.3. The summed E-state index contributed by atoms with van der Waals surface area (Å²) in [6.07, 6.45) is 0. The number of hydrogen-bond acceptors (Lipinski definition) is 3. The number of rotatable bonds is 3. The van der Waals surface area contributed by atoms with Crippen molar-refractivity contribution in [2.75, 3.05) is 13.6 Å². The highest BCUT2D eigenvalue weighted by Crippen LogP contribution is 1.71. The number of nitrogens with two attached hydrogens (primary N) is 2. The first-order chi connectivity index (χ1) is 4.72. The molecule has 0 aliphatic rings. The van der Waals surface area contributed by atoms with E-state index in [1.807, 2.05) is 13.8 Å². The molecule has 5 N–H and O–H groups in total. The van der Waals surface area contributed by atoms with Crippen molar-refractivity contribution >= 4 is 5.91 Å². The quantitative estimate of drug-likeness (QED) is 0.481. The maximum absolute atomic E-state index is 10.2. The van der Waals surface area contributed by atoms with Crippen LogP contribution in [0.25, 0.3) is 0 Å². The molecule has 4 nitrogen and oxygen atoms in total. The van der Waals surface area contributed by atoms with Crippen molar-refractivity contribution in [2.24, 2.45) is 11.5 Å². The Morgan fingerprint density at radius 3 is 2.00 bits per heavy atom. The molecule has 0 aliphatic heterocycles. The van der Waals surface area contributed by atoms with E-state index in [4.69, 9.17) is 11.5 Å². The van der Waals surface area contributed by atoms with Gasteiger partial charge in [-0.25, -0.2) is 0 Å². The molecular formula is C6H17N3O. The molecule has 10 heavy (non-hydrogen) atoms. The van der Waals surface area contributed by atoms with Gasteiger partial charge in [0, 0.05) is 6.54 Å². The highest BCUT2D eigenvalue weighted by Gasteiger charge is 2.07. The summed E-state index contributed by atoms with van der Waals surface area (Å²) in [5.41, 5.74) is 10.00. The van der Waals surface area contributed by atoms with Gasteiger partial charge in [-0.15, -0.1) is 0 Å². The molecule has 0 rings (SSSR count). The molecule has 0 spiro atoms. The van der Waals surface area contributed by atoms with Crippen LogP contribution in [0, 0.1) is 0 Å². The molecule has 1 atom stereocenters. The van der Waals surface area contributed by atoms with E-state index >= 15 is 0 Å². The molecule has 0 heterocycles. The minimum atomic E-state index is -0.407. The lowest BCUT2D eigenvalue weighted by molar-refractivity contribution is -0.119. The van der Waals surface area contributed by atoms with E-state index < -0.39 is 5.91 Å². The van der Waals surface area contributed by atoms with Gasteiger partial charge in [0.1, 0.15) is 0 Å². The highest BCUT2D eigenvalue weighted by molar-refractivity contribution is 5.79. The van der Waals surface area contributed by atoms with Gasteiger partial charge in [-0.3, -0.25) is 4.79 Å². The van der Waals surface area contributed by atoms with Crippen LogP contribution < -0.4 is 16.8 Å². The van der Waals surface area contributed by atoms with Gasteiger partial charge in [0.25, 0.3) is 0 Å². The smallest absolute Gasteiger partial charge is 0.235 e. The molecule has 0 fully saturated rings. The standard InChI is InChI=1S/C4H11N3O.C2H6/c1-7-3(2-5)4(6)8;1-2/h3,7H,2,5H2,1H3,(H2,6,8);1-2H3. The van der Waals surface area contributed by atoms with Crippen LogP contribution >= 0.6 is 0 Å². The Kier molecular flexibility index (Phi) is 10.2. The van der Waals surface area contributed by atoms with Crippen molar-refractivity contribution in [1.29, 1.82) is 0 Å². The summed E-state index contributed by atoms with van der Waals surface area (Å²) in [6.45, 7) is 4.26. The monoisotopic (exact) mass is 147 g/mol. The number of likely N-dealkylation sites (N-methyl/N-ethyl adjacent to an activating group) is 1. The Bertz CT molecular complexity index is 81.1. The molecule has 1 unspecified atom stereocenters. The zero-order valence-corrected chi connectivity index (χ0v) is 6.85. The number of carbonyl (C=O) groups excluding carboxylic acids is 1. The topological polar surface area (TPSA) is 81.1 Å². The largest absolute Gasteiger partial charge is 0.368 e. The molecule has 0 radical (unpaired) electrons. The zero-order chi connectivity index (χ0) is 8.57. The van der Waals surface area contributed by atoms with Gasteiger partial charge in [-0.2, -0.15) is 0 Å². The van der Waals surface area contributed by atoms with Gasteiger partial charge in [-0.1, -0.05) is 13.8 Å².